The molecule has 0 saturated heterocycles. The number of aryl methyl sites for hydroxylation is 2. The Morgan fingerprint density at radius 3 is 2.71 bits per heavy atom. The third-order valence-electron chi connectivity index (χ3n) is 5.31. The predicted molar refractivity (Wildman–Crippen MR) is 119 cm³/mol. The standard InChI is InChI=1S/C24H26FN5O/c1-17(24(31)27-21-7-4-6-18(14-21)16-26)29(2)13-5-8-22-15-23(30(3)28-22)19-9-11-20(25)12-10-19/h4,6-7,9-12,14-15,17H,5,8,13H2,1-3H3,(H,27,31)/t17-/m1/s1. The molecule has 0 unspecified atom stereocenters. The molecule has 1 atom stereocenters. The molecule has 6 nitrogen and oxygen atoms in total. The maximum Gasteiger partial charge on any atom is 0.241 e. The first kappa shape index (κ1) is 22.2. The average molecular weight is 420 g/mol. The molecule has 31 heavy (non-hydrogen) atoms. The lowest BCUT2D eigenvalue weighted by Crippen LogP contribution is -2.40. The molecule has 3 rings (SSSR count). The first-order chi connectivity index (χ1) is 14.9. The molecule has 0 radical (unpaired) electrons. The molecule has 1 amide bonds. The van der Waals surface area contributed by atoms with E-state index in [1.54, 1.807) is 41.1 Å². The Kier molecular flexibility index (Phi) is 7.16. The molecule has 0 aliphatic carbocycles. The van der Waals surface area contributed by atoms with Crippen LogP contribution in [-0.4, -0.2) is 40.2 Å². The Morgan fingerprint density at radius 2 is 2.00 bits per heavy atom. The van der Waals surface area contributed by atoms with Gasteiger partial charge >= 0.3 is 0 Å². The fraction of sp³-hybridized carbons (Fsp3) is 0.292. The Labute approximate surface area is 181 Å². The van der Waals surface area contributed by atoms with Gasteiger partial charge < -0.3 is 5.32 Å². The molecule has 0 aliphatic heterocycles. The molecule has 0 bridgehead atoms. The van der Waals surface area contributed by atoms with Gasteiger partial charge in [0.15, 0.2) is 0 Å². The van der Waals surface area contributed by atoms with Crippen LogP contribution < -0.4 is 5.32 Å². The molecule has 0 spiro atoms. The van der Waals surface area contributed by atoms with Gasteiger partial charge in [0, 0.05) is 12.7 Å². The minimum Gasteiger partial charge on any atom is -0.325 e. The molecule has 7 heteroatoms. The number of amides is 1. The highest BCUT2D eigenvalue weighted by Gasteiger charge is 2.18. The largest absolute Gasteiger partial charge is 0.325 e. The number of aromatic nitrogens is 2. The minimum atomic E-state index is -0.316. The van der Waals surface area contributed by atoms with Crippen LogP contribution in [0.4, 0.5) is 10.1 Å². The lowest BCUT2D eigenvalue weighted by Gasteiger charge is -2.23. The lowest BCUT2D eigenvalue weighted by atomic mass is 10.1. The smallest absolute Gasteiger partial charge is 0.241 e. The second-order valence-corrected chi connectivity index (χ2v) is 7.59. The summed E-state index contributed by atoms with van der Waals surface area (Å²) in [5.41, 5.74) is 3.95. The maximum absolute atomic E-state index is 13.2. The quantitative estimate of drug-likeness (QED) is 0.599. The predicted octanol–water partition coefficient (Wildman–Crippen LogP) is 3.99. The first-order valence-electron chi connectivity index (χ1n) is 10.2. The van der Waals surface area contributed by atoms with Crippen molar-refractivity contribution in [3.63, 3.8) is 0 Å². The second kappa shape index (κ2) is 10.0. The van der Waals surface area contributed by atoms with E-state index < -0.39 is 0 Å². The number of nitrogens with zero attached hydrogens (tertiary/aromatic N) is 4. The summed E-state index contributed by atoms with van der Waals surface area (Å²) in [7, 11) is 3.79. The van der Waals surface area contributed by atoms with Gasteiger partial charge in [0.2, 0.25) is 5.91 Å². The number of halogens is 1. The third kappa shape index (κ3) is 5.77. The summed E-state index contributed by atoms with van der Waals surface area (Å²) in [6.45, 7) is 2.59. The van der Waals surface area contributed by atoms with E-state index >= 15 is 0 Å². The van der Waals surface area contributed by atoms with Crippen LogP contribution in [0.2, 0.25) is 0 Å². The van der Waals surface area contributed by atoms with Crippen molar-refractivity contribution in [1.29, 1.82) is 5.26 Å². The second-order valence-electron chi connectivity index (χ2n) is 7.59. The van der Waals surface area contributed by atoms with Gasteiger partial charge in [-0.25, -0.2) is 4.39 Å². The SMILES string of the molecule is C[C@H](C(=O)Nc1cccc(C#N)c1)N(C)CCCc1cc(-c2ccc(F)cc2)n(C)n1. The number of nitriles is 1. The van der Waals surface area contributed by atoms with Gasteiger partial charge in [-0.15, -0.1) is 0 Å². The Bertz CT molecular complexity index is 1080. The Morgan fingerprint density at radius 1 is 1.26 bits per heavy atom. The van der Waals surface area contributed by atoms with Gasteiger partial charge in [0.05, 0.1) is 29.1 Å². The summed E-state index contributed by atoms with van der Waals surface area (Å²) in [6, 6.07) is 17.0. The van der Waals surface area contributed by atoms with Crippen molar-refractivity contribution in [1.82, 2.24) is 14.7 Å². The van der Waals surface area contributed by atoms with E-state index in [1.807, 2.05) is 32.0 Å². The average Bonchev–Trinajstić information content (AvgIpc) is 3.14. The van der Waals surface area contributed by atoms with E-state index in [4.69, 9.17) is 5.26 Å². The zero-order valence-corrected chi connectivity index (χ0v) is 18.0. The molecule has 0 aliphatic rings. The van der Waals surface area contributed by atoms with Crippen molar-refractivity contribution in [2.75, 3.05) is 18.9 Å². The zero-order valence-electron chi connectivity index (χ0n) is 18.0. The van der Waals surface area contributed by atoms with Crippen LogP contribution >= 0.6 is 0 Å². The molecule has 3 aromatic rings. The molecular formula is C24H26FN5O. The van der Waals surface area contributed by atoms with Gasteiger partial charge in [0.1, 0.15) is 5.82 Å². The molecule has 0 saturated carbocycles. The third-order valence-corrected chi connectivity index (χ3v) is 5.31. The number of anilines is 1. The summed E-state index contributed by atoms with van der Waals surface area (Å²) in [4.78, 5) is 14.5. The number of carbonyl (C=O) groups excluding carboxylic acids is 1. The van der Waals surface area contributed by atoms with Crippen LogP contribution in [-0.2, 0) is 18.3 Å². The summed E-state index contributed by atoms with van der Waals surface area (Å²) in [6.07, 6.45) is 1.62. The van der Waals surface area contributed by atoms with E-state index in [2.05, 4.69) is 16.5 Å². The number of benzene rings is 2. The van der Waals surface area contributed by atoms with Gasteiger partial charge in [-0.05, 0) is 87.5 Å². The molecule has 0 fully saturated rings. The van der Waals surface area contributed by atoms with Crippen LogP contribution in [0.25, 0.3) is 11.3 Å². The monoisotopic (exact) mass is 419 g/mol. The summed E-state index contributed by atoms with van der Waals surface area (Å²) < 4.78 is 15.0. The highest BCUT2D eigenvalue weighted by molar-refractivity contribution is 5.94. The van der Waals surface area contributed by atoms with Crippen molar-refractivity contribution in [3.05, 3.63) is 71.7 Å². The van der Waals surface area contributed by atoms with E-state index in [9.17, 15) is 9.18 Å². The van der Waals surface area contributed by atoms with Crippen LogP contribution in [0.3, 0.4) is 0 Å². The lowest BCUT2D eigenvalue weighted by molar-refractivity contribution is -0.120. The van der Waals surface area contributed by atoms with Crippen molar-refractivity contribution in [2.24, 2.45) is 7.05 Å². The van der Waals surface area contributed by atoms with E-state index in [0.717, 1.165) is 36.3 Å². The molecule has 1 N–H and O–H groups in total. The molecule has 1 aromatic heterocycles. The maximum atomic E-state index is 13.2. The van der Waals surface area contributed by atoms with E-state index in [0.29, 0.717) is 11.3 Å². The number of hydrogen-bond donors (Lipinski definition) is 1. The normalized spacial score (nSPS) is 11.9. The minimum absolute atomic E-state index is 0.117. The zero-order chi connectivity index (χ0) is 22.4. The molecule has 2 aromatic carbocycles. The Hall–Kier alpha value is -3.50. The van der Waals surface area contributed by atoms with Crippen LogP contribution in [0.5, 0.6) is 0 Å². The van der Waals surface area contributed by atoms with Crippen LogP contribution in [0, 0.1) is 17.1 Å². The number of nitrogens with one attached hydrogen (secondary N) is 1. The van der Waals surface area contributed by atoms with Crippen molar-refractivity contribution in [3.8, 4) is 17.3 Å². The fourth-order valence-electron chi connectivity index (χ4n) is 3.36. The number of rotatable bonds is 8. The molecule has 1 heterocycles. The van der Waals surface area contributed by atoms with Crippen molar-refractivity contribution in [2.45, 2.75) is 25.8 Å². The van der Waals surface area contributed by atoms with Crippen molar-refractivity contribution < 1.29 is 9.18 Å². The number of likely N-dealkylation sites (N-methyl/N-ethyl adjacent to an activating group) is 1. The van der Waals surface area contributed by atoms with Gasteiger partial charge in [0.25, 0.3) is 0 Å². The summed E-state index contributed by atoms with van der Waals surface area (Å²) in [5.74, 6) is -0.376. The summed E-state index contributed by atoms with van der Waals surface area (Å²) in [5, 5.41) is 16.4. The van der Waals surface area contributed by atoms with Crippen LogP contribution in [0.1, 0.15) is 24.6 Å². The number of carbonyl (C=O) groups is 1. The molecular weight excluding hydrogens is 393 g/mol. The van der Waals surface area contributed by atoms with Gasteiger partial charge in [-0.2, -0.15) is 10.4 Å². The van der Waals surface area contributed by atoms with E-state index in [1.165, 1.54) is 12.1 Å². The number of hydrogen-bond acceptors (Lipinski definition) is 4. The van der Waals surface area contributed by atoms with Gasteiger partial charge in [-0.1, -0.05) is 6.07 Å². The van der Waals surface area contributed by atoms with Crippen LogP contribution in [0.15, 0.2) is 54.6 Å². The van der Waals surface area contributed by atoms with Crippen molar-refractivity contribution >= 4 is 11.6 Å². The molecule has 160 valence electrons. The highest BCUT2D eigenvalue weighted by atomic mass is 19.1. The van der Waals surface area contributed by atoms with E-state index in [-0.39, 0.29) is 17.8 Å². The van der Waals surface area contributed by atoms with Gasteiger partial charge in [-0.3, -0.25) is 14.4 Å². The summed E-state index contributed by atoms with van der Waals surface area (Å²) >= 11 is 0. The Balaban J connectivity index is 1.52. The highest BCUT2D eigenvalue weighted by Crippen LogP contribution is 2.21. The fourth-order valence-corrected chi connectivity index (χ4v) is 3.36. The topological polar surface area (TPSA) is 74.0 Å². The first-order valence-corrected chi connectivity index (χ1v) is 10.2.